The molecule has 1 aromatic heterocycles. The molecule has 2 aromatic rings. The second-order valence-electron chi connectivity index (χ2n) is 2.91. The second kappa shape index (κ2) is 3.84. The summed E-state index contributed by atoms with van der Waals surface area (Å²) in [4.78, 5) is 11.2. The van der Waals surface area contributed by atoms with E-state index in [0.717, 1.165) is 23.0 Å². The maximum Gasteiger partial charge on any atom is 0.424 e. The van der Waals surface area contributed by atoms with Crippen molar-refractivity contribution in [2.45, 2.75) is 0 Å². The lowest BCUT2D eigenvalue weighted by Gasteiger charge is -2.05. The molecule has 0 saturated heterocycles. The van der Waals surface area contributed by atoms with E-state index in [1.165, 1.54) is 0 Å². The van der Waals surface area contributed by atoms with Crippen LogP contribution in [0.25, 0.3) is 5.69 Å². The highest BCUT2D eigenvalue weighted by Crippen LogP contribution is 2.29. The minimum absolute atomic E-state index is 0.106. The Balaban J connectivity index is 2.74. The van der Waals surface area contributed by atoms with Crippen molar-refractivity contribution in [3.8, 4) is 11.4 Å². The molecule has 0 aliphatic heterocycles. The van der Waals surface area contributed by atoms with Gasteiger partial charge in [0.25, 0.3) is 0 Å². The zero-order valence-corrected chi connectivity index (χ0v) is 9.09. The van der Waals surface area contributed by atoms with Crippen LogP contribution in [0.5, 0.6) is 5.75 Å². The number of benzene rings is 1. The molecule has 4 nitrogen and oxygen atoms in total. The van der Waals surface area contributed by atoms with Crippen molar-refractivity contribution in [2.24, 2.45) is 0 Å². The molecule has 1 aromatic carbocycles. The summed E-state index contributed by atoms with van der Waals surface area (Å²) in [5, 5.41) is 9.05. The van der Waals surface area contributed by atoms with E-state index in [-0.39, 0.29) is 21.6 Å². The minimum atomic E-state index is -0.856. The fraction of sp³-hybridized carbons (Fsp3) is 0. The van der Waals surface area contributed by atoms with Crippen LogP contribution in [0.2, 0.25) is 10.2 Å². The van der Waals surface area contributed by atoms with Gasteiger partial charge in [-0.05, 0) is 6.07 Å². The van der Waals surface area contributed by atoms with E-state index in [4.69, 9.17) is 23.2 Å². The molecule has 0 bridgehead atoms. The van der Waals surface area contributed by atoms with Gasteiger partial charge in [-0.25, -0.2) is 13.8 Å². The van der Waals surface area contributed by atoms with Crippen LogP contribution >= 0.6 is 23.2 Å². The monoisotopic (exact) mass is 263 g/mol. The summed E-state index contributed by atoms with van der Waals surface area (Å²) in [6.45, 7) is 0. The number of aromatic nitrogens is 1. The third-order valence-corrected chi connectivity index (χ3v) is 2.47. The van der Waals surface area contributed by atoms with Gasteiger partial charge in [-0.3, -0.25) is 0 Å². The maximum absolute atomic E-state index is 13.5. The Hall–Kier alpha value is -1.46. The van der Waals surface area contributed by atoms with Crippen LogP contribution in [0.1, 0.15) is 0 Å². The molecule has 0 saturated carbocycles. The Labute approximate surface area is 98.4 Å². The van der Waals surface area contributed by atoms with Crippen molar-refractivity contribution < 1.29 is 13.9 Å². The summed E-state index contributed by atoms with van der Waals surface area (Å²) < 4.78 is 18.7. The summed E-state index contributed by atoms with van der Waals surface area (Å²) in [5.74, 6) is -2.01. The number of halogens is 3. The van der Waals surface area contributed by atoms with Crippen molar-refractivity contribution in [2.75, 3.05) is 0 Å². The molecule has 0 fully saturated rings. The number of phenolic OH excluding ortho intramolecular Hbond substituents is 1. The third-order valence-electron chi connectivity index (χ3n) is 1.91. The number of hydrogen-bond acceptors (Lipinski definition) is 3. The van der Waals surface area contributed by atoms with Gasteiger partial charge in [0.15, 0.2) is 5.15 Å². The molecule has 7 heteroatoms. The summed E-state index contributed by atoms with van der Waals surface area (Å²) in [7, 11) is 0. The summed E-state index contributed by atoms with van der Waals surface area (Å²) >= 11 is 11.1. The molecule has 0 radical (unpaired) electrons. The van der Waals surface area contributed by atoms with Gasteiger partial charge in [-0.2, -0.15) is 0 Å². The first-order chi connectivity index (χ1) is 7.50. The summed E-state index contributed by atoms with van der Waals surface area (Å²) in [5.41, 5.74) is -0.231. The first-order valence-electron chi connectivity index (χ1n) is 4.05. The number of rotatable bonds is 1. The van der Waals surface area contributed by atoms with E-state index in [2.05, 4.69) is 4.42 Å². The van der Waals surface area contributed by atoms with Crippen LogP contribution in [-0.2, 0) is 0 Å². The van der Waals surface area contributed by atoms with Crippen LogP contribution in [0, 0.1) is 5.82 Å². The van der Waals surface area contributed by atoms with Gasteiger partial charge in [0.2, 0.25) is 0 Å². The quantitative estimate of drug-likeness (QED) is 0.861. The van der Waals surface area contributed by atoms with Crippen LogP contribution in [0.3, 0.4) is 0 Å². The molecule has 0 aliphatic carbocycles. The Morgan fingerprint density at radius 1 is 1.38 bits per heavy atom. The van der Waals surface area contributed by atoms with E-state index in [0.29, 0.717) is 0 Å². The number of nitrogens with zero attached hydrogens (tertiary/aromatic N) is 1. The number of oxazole rings is 1. The lowest BCUT2D eigenvalue weighted by Crippen LogP contribution is -2.13. The van der Waals surface area contributed by atoms with Crippen molar-refractivity contribution in [1.82, 2.24) is 4.57 Å². The Kier molecular flexibility index (Phi) is 2.65. The molecular formula is C9H4Cl2FNO3. The molecule has 0 aliphatic rings. The summed E-state index contributed by atoms with van der Waals surface area (Å²) in [6.07, 6.45) is 0.967. The number of phenols is 1. The van der Waals surface area contributed by atoms with E-state index in [9.17, 15) is 14.3 Å². The van der Waals surface area contributed by atoms with Gasteiger partial charge in [0.1, 0.15) is 17.8 Å². The van der Waals surface area contributed by atoms with Crippen molar-refractivity contribution >= 4 is 23.2 Å². The molecule has 16 heavy (non-hydrogen) atoms. The van der Waals surface area contributed by atoms with Crippen molar-refractivity contribution in [1.29, 1.82) is 0 Å². The average Bonchev–Trinajstić information content (AvgIpc) is 2.53. The van der Waals surface area contributed by atoms with Gasteiger partial charge >= 0.3 is 5.76 Å². The fourth-order valence-corrected chi connectivity index (χ4v) is 1.56. The van der Waals surface area contributed by atoms with Gasteiger partial charge in [-0.1, -0.05) is 23.2 Å². The smallest absolute Gasteiger partial charge is 0.424 e. The molecule has 1 N–H and O–H groups in total. The lowest BCUT2D eigenvalue weighted by molar-refractivity contribution is 0.471. The Morgan fingerprint density at radius 2 is 2.06 bits per heavy atom. The van der Waals surface area contributed by atoms with Crippen LogP contribution in [-0.4, -0.2) is 9.67 Å². The average molecular weight is 264 g/mol. The third kappa shape index (κ3) is 1.68. The van der Waals surface area contributed by atoms with E-state index in [1.807, 2.05) is 0 Å². The number of aromatic hydroxyl groups is 1. The van der Waals surface area contributed by atoms with Crippen molar-refractivity contribution in [3.63, 3.8) is 0 Å². The maximum atomic E-state index is 13.5. The normalized spacial score (nSPS) is 10.7. The van der Waals surface area contributed by atoms with Gasteiger partial charge in [0.05, 0.1) is 10.7 Å². The first-order valence-corrected chi connectivity index (χ1v) is 4.80. The SMILES string of the molecule is O=c1occ(Cl)n1-c1cc(O)c(Cl)cc1F. The Bertz CT molecular complexity index is 605. The standard InChI is InChI=1S/C9H4Cl2FNO3/c10-4-1-5(12)6(2-7(4)14)13-8(11)3-16-9(13)15/h1-3,14H. The first kappa shape index (κ1) is 11.0. The predicted molar refractivity (Wildman–Crippen MR) is 55.9 cm³/mol. The molecule has 1 heterocycles. The largest absolute Gasteiger partial charge is 0.506 e. The van der Waals surface area contributed by atoms with Crippen LogP contribution < -0.4 is 5.76 Å². The van der Waals surface area contributed by atoms with Crippen LogP contribution in [0.15, 0.2) is 27.6 Å². The predicted octanol–water partition coefficient (Wildman–Crippen LogP) is 2.58. The molecule has 0 atom stereocenters. The Morgan fingerprint density at radius 3 is 2.62 bits per heavy atom. The fourth-order valence-electron chi connectivity index (χ4n) is 1.20. The zero-order chi connectivity index (χ0) is 11.9. The van der Waals surface area contributed by atoms with Gasteiger partial charge in [0, 0.05) is 6.07 Å². The van der Waals surface area contributed by atoms with Gasteiger partial charge in [-0.15, -0.1) is 0 Å². The van der Waals surface area contributed by atoms with Crippen molar-refractivity contribution in [3.05, 3.63) is 44.9 Å². The molecule has 2 rings (SSSR count). The van der Waals surface area contributed by atoms with Gasteiger partial charge < -0.3 is 9.52 Å². The lowest BCUT2D eigenvalue weighted by atomic mass is 10.3. The zero-order valence-electron chi connectivity index (χ0n) is 7.58. The molecular weight excluding hydrogens is 260 g/mol. The molecule has 84 valence electrons. The summed E-state index contributed by atoms with van der Waals surface area (Å²) in [6, 6.07) is 1.86. The molecule has 0 amide bonds. The van der Waals surface area contributed by atoms with Crippen LogP contribution in [0.4, 0.5) is 4.39 Å². The molecule has 0 spiro atoms. The van der Waals surface area contributed by atoms with E-state index in [1.54, 1.807) is 0 Å². The highest BCUT2D eigenvalue weighted by atomic mass is 35.5. The minimum Gasteiger partial charge on any atom is -0.506 e. The second-order valence-corrected chi connectivity index (χ2v) is 3.71. The highest BCUT2D eigenvalue weighted by molar-refractivity contribution is 6.32. The number of hydrogen-bond donors (Lipinski definition) is 1. The highest BCUT2D eigenvalue weighted by Gasteiger charge is 2.15. The van der Waals surface area contributed by atoms with E-state index < -0.39 is 11.6 Å². The van der Waals surface area contributed by atoms with E-state index >= 15 is 0 Å². The topological polar surface area (TPSA) is 55.4 Å². The molecule has 0 unspecified atom stereocenters.